The average molecular weight is 360 g/mol. The number of thiophene rings is 1. The van der Waals surface area contributed by atoms with Gasteiger partial charge in [-0.1, -0.05) is 23.7 Å². The summed E-state index contributed by atoms with van der Waals surface area (Å²) < 4.78 is 38.3. The maximum atomic E-state index is 12.8. The Morgan fingerprint density at radius 3 is 2.70 bits per heavy atom. The largest absolute Gasteiger partial charge is 0.417 e. The lowest BCUT2D eigenvalue weighted by molar-refractivity contribution is -0.137. The van der Waals surface area contributed by atoms with Gasteiger partial charge in [-0.2, -0.15) is 13.2 Å². The number of carbonyl (C=O) groups is 1. The molecule has 2 aromatic rings. The molecule has 2 nitrogen and oxygen atoms in total. The highest BCUT2D eigenvalue weighted by Gasteiger charge is 2.33. The number of carbonyl (C=O) groups excluding carboxylic acids is 1. The lowest BCUT2D eigenvalue weighted by Gasteiger charge is -2.10. The monoisotopic (exact) mass is 359 g/mol. The molecule has 2 rings (SSSR count). The molecule has 1 N–H and O–H groups in total. The molecule has 1 atom stereocenters. The first kappa shape index (κ1) is 17.6. The molecule has 7 heteroatoms. The third kappa shape index (κ3) is 4.84. The SMILES string of the molecule is CC(NC(=O)/C=C/c1ccc(Cl)c(C(F)(F)F)c1)c1cccs1. The zero-order valence-electron chi connectivity index (χ0n) is 12.0. The molecular weight excluding hydrogens is 347 g/mol. The highest BCUT2D eigenvalue weighted by molar-refractivity contribution is 7.10. The molecule has 0 bridgehead atoms. The van der Waals surface area contributed by atoms with E-state index in [1.807, 2.05) is 24.4 Å². The Morgan fingerprint density at radius 2 is 2.09 bits per heavy atom. The van der Waals surface area contributed by atoms with Gasteiger partial charge < -0.3 is 5.32 Å². The van der Waals surface area contributed by atoms with Crippen LogP contribution in [0, 0.1) is 0 Å². The fraction of sp³-hybridized carbons (Fsp3) is 0.188. The van der Waals surface area contributed by atoms with Crippen molar-refractivity contribution < 1.29 is 18.0 Å². The minimum absolute atomic E-state index is 0.164. The van der Waals surface area contributed by atoms with E-state index in [1.54, 1.807) is 0 Å². The first-order valence-corrected chi connectivity index (χ1v) is 7.92. The van der Waals surface area contributed by atoms with Crippen molar-refractivity contribution in [3.05, 3.63) is 62.8 Å². The van der Waals surface area contributed by atoms with E-state index >= 15 is 0 Å². The number of amides is 1. The fourth-order valence-corrected chi connectivity index (χ4v) is 2.87. The normalized spacial score (nSPS) is 13.3. The molecule has 1 aromatic heterocycles. The van der Waals surface area contributed by atoms with E-state index in [1.165, 1.54) is 29.6 Å². The van der Waals surface area contributed by atoms with Crippen LogP contribution in [0.25, 0.3) is 6.08 Å². The van der Waals surface area contributed by atoms with E-state index in [2.05, 4.69) is 5.32 Å². The van der Waals surface area contributed by atoms with Gasteiger partial charge in [0.2, 0.25) is 5.91 Å². The van der Waals surface area contributed by atoms with Crippen LogP contribution < -0.4 is 5.32 Å². The standard InChI is InChI=1S/C16H13ClF3NOS/c1-10(14-3-2-8-23-14)21-15(22)7-5-11-4-6-13(17)12(9-11)16(18,19)20/h2-10H,1H3,(H,21,22)/b7-5+. The Balaban J connectivity index is 2.06. The van der Waals surface area contributed by atoms with Crippen LogP contribution in [0.15, 0.2) is 41.8 Å². The number of nitrogens with one attached hydrogen (secondary N) is 1. The molecule has 1 heterocycles. The van der Waals surface area contributed by atoms with Gasteiger partial charge in [0.15, 0.2) is 0 Å². The van der Waals surface area contributed by atoms with E-state index in [0.29, 0.717) is 0 Å². The third-order valence-corrected chi connectivity index (χ3v) is 4.44. The highest BCUT2D eigenvalue weighted by atomic mass is 35.5. The van der Waals surface area contributed by atoms with Crippen molar-refractivity contribution in [2.45, 2.75) is 19.1 Å². The van der Waals surface area contributed by atoms with Gasteiger partial charge in [-0.3, -0.25) is 4.79 Å². The van der Waals surface area contributed by atoms with Crippen molar-refractivity contribution in [3.8, 4) is 0 Å². The molecule has 0 spiro atoms. The second-order valence-electron chi connectivity index (χ2n) is 4.82. The van der Waals surface area contributed by atoms with Gasteiger partial charge in [0.1, 0.15) is 0 Å². The summed E-state index contributed by atoms with van der Waals surface area (Å²) in [6.45, 7) is 1.83. The van der Waals surface area contributed by atoms with Crippen molar-refractivity contribution in [1.82, 2.24) is 5.32 Å². The summed E-state index contributed by atoms with van der Waals surface area (Å²) in [7, 11) is 0. The molecule has 1 aromatic carbocycles. The second kappa shape index (κ2) is 7.19. The van der Waals surface area contributed by atoms with Crippen molar-refractivity contribution in [3.63, 3.8) is 0 Å². The number of halogens is 4. The predicted octanol–water partition coefficient (Wildman–Crippen LogP) is 5.31. The lowest BCUT2D eigenvalue weighted by atomic mass is 10.1. The molecule has 0 aliphatic heterocycles. The van der Waals surface area contributed by atoms with Gasteiger partial charge in [-0.15, -0.1) is 11.3 Å². The number of hydrogen-bond donors (Lipinski definition) is 1. The van der Waals surface area contributed by atoms with Crippen molar-refractivity contribution in [1.29, 1.82) is 0 Å². The minimum Gasteiger partial charge on any atom is -0.345 e. The van der Waals surface area contributed by atoms with Gasteiger partial charge in [-0.25, -0.2) is 0 Å². The number of benzene rings is 1. The minimum atomic E-state index is -4.53. The molecule has 0 saturated carbocycles. The van der Waals surface area contributed by atoms with Crippen molar-refractivity contribution >= 4 is 34.9 Å². The Morgan fingerprint density at radius 1 is 1.35 bits per heavy atom. The van der Waals surface area contributed by atoms with Crippen LogP contribution in [0.1, 0.15) is 29.0 Å². The maximum Gasteiger partial charge on any atom is 0.417 e. The van der Waals surface area contributed by atoms with Crippen molar-refractivity contribution in [2.75, 3.05) is 0 Å². The number of alkyl halides is 3. The van der Waals surface area contributed by atoms with E-state index in [9.17, 15) is 18.0 Å². The summed E-state index contributed by atoms with van der Waals surface area (Å²) in [5.74, 6) is -0.380. The molecule has 0 aliphatic rings. The van der Waals surface area contributed by atoms with Gasteiger partial charge >= 0.3 is 6.18 Å². The van der Waals surface area contributed by atoms with Crippen LogP contribution in [-0.2, 0) is 11.0 Å². The molecule has 1 amide bonds. The second-order valence-corrected chi connectivity index (χ2v) is 6.20. The summed E-state index contributed by atoms with van der Waals surface area (Å²) >= 11 is 7.06. The summed E-state index contributed by atoms with van der Waals surface area (Å²) in [6, 6.07) is 7.11. The quantitative estimate of drug-likeness (QED) is 0.736. The Kier molecular flexibility index (Phi) is 5.49. The topological polar surface area (TPSA) is 29.1 Å². The molecule has 122 valence electrons. The molecule has 0 saturated heterocycles. The van der Waals surface area contributed by atoms with E-state index in [-0.39, 0.29) is 22.5 Å². The highest BCUT2D eigenvalue weighted by Crippen LogP contribution is 2.35. The smallest absolute Gasteiger partial charge is 0.345 e. The van der Waals surface area contributed by atoms with Crippen molar-refractivity contribution in [2.24, 2.45) is 0 Å². The summed E-state index contributed by atoms with van der Waals surface area (Å²) in [5, 5.41) is 4.28. The van der Waals surface area contributed by atoms with Gasteiger partial charge in [0.05, 0.1) is 16.6 Å². The van der Waals surface area contributed by atoms with Crippen LogP contribution in [0.5, 0.6) is 0 Å². The van der Waals surface area contributed by atoms with Crippen LogP contribution in [-0.4, -0.2) is 5.91 Å². The average Bonchev–Trinajstić information content (AvgIpc) is 2.99. The Hall–Kier alpha value is -1.79. The lowest BCUT2D eigenvalue weighted by Crippen LogP contribution is -2.23. The molecule has 0 fully saturated rings. The molecule has 23 heavy (non-hydrogen) atoms. The van der Waals surface area contributed by atoms with E-state index in [4.69, 9.17) is 11.6 Å². The zero-order chi connectivity index (χ0) is 17.0. The Bertz CT molecular complexity index is 711. The first-order valence-electron chi connectivity index (χ1n) is 6.66. The molecular formula is C16H13ClF3NOS. The first-order chi connectivity index (χ1) is 10.8. The summed E-state index contributed by atoms with van der Waals surface area (Å²) in [5.41, 5.74) is -0.672. The fourth-order valence-electron chi connectivity index (χ4n) is 1.91. The van der Waals surface area contributed by atoms with Gasteiger partial charge in [-0.05, 0) is 42.1 Å². The molecule has 0 aliphatic carbocycles. The zero-order valence-corrected chi connectivity index (χ0v) is 13.6. The maximum absolute atomic E-state index is 12.8. The summed E-state index contributed by atoms with van der Waals surface area (Å²) in [6.07, 6.45) is -2.01. The van der Waals surface area contributed by atoms with E-state index in [0.717, 1.165) is 17.0 Å². The van der Waals surface area contributed by atoms with Gasteiger partial charge in [0, 0.05) is 11.0 Å². The number of rotatable bonds is 4. The van der Waals surface area contributed by atoms with Crippen LogP contribution in [0.3, 0.4) is 0 Å². The van der Waals surface area contributed by atoms with Crippen LogP contribution in [0.2, 0.25) is 5.02 Å². The van der Waals surface area contributed by atoms with E-state index < -0.39 is 11.7 Å². The third-order valence-electron chi connectivity index (χ3n) is 3.05. The summed E-state index contributed by atoms with van der Waals surface area (Å²) in [4.78, 5) is 12.8. The number of hydrogen-bond acceptors (Lipinski definition) is 2. The van der Waals surface area contributed by atoms with Gasteiger partial charge in [0.25, 0.3) is 0 Å². The van der Waals surface area contributed by atoms with Crippen LogP contribution in [0.4, 0.5) is 13.2 Å². The van der Waals surface area contributed by atoms with Crippen LogP contribution >= 0.6 is 22.9 Å². The molecule has 0 radical (unpaired) electrons. The molecule has 1 unspecified atom stereocenters. The predicted molar refractivity (Wildman–Crippen MR) is 86.4 cm³/mol. The Labute approximate surface area is 140 Å².